The lowest BCUT2D eigenvalue weighted by Gasteiger charge is -2.27. The van der Waals surface area contributed by atoms with E-state index in [2.05, 4.69) is 23.3 Å². The van der Waals surface area contributed by atoms with Crippen molar-refractivity contribution in [3.63, 3.8) is 0 Å². The Morgan fingerprint density at radius 3 is 3.10 bits per heavy atom. The van der Waals surface area contributed by atoms with Crippen molar-refractivity contribution in [1.82, 2.24) is 4.90 Å². The average Bonchev–Trinajstić information content (AvgIpc) is 3.23. The molecule has 21 heavy (non-hydrogen) atoms. The Hall–Kier alpha value is -0.910. The van der Waals surface area contributed by atoms with Gasteiger partial charge in [-0.15, -0.1) is 0 Å². The van der Waals surface area contributed by atoms with Crippen molar-refractivity contribution in [2.24, 2.45) is 11.3 Å². The summed E-state index contributed by atoms with van der Waals surface area (Å²) in [7, 11) is 0. The second-order valence-electron chi connectivity index (χ2n) is 6.69. The fourth-order valence-corrected chi connectivity index (χ4v) is 4.89. The molecular formula is C16H22N2O2S. The zero-order valence-electron chi connectivity index (χ0n) is 12.5. The third kappa shape index (κ3) is 2.05. The van der Waals surface area contributed by atoms with Gasteiger partial charge >= 0.3 is 0 Å². The molecule has 1 unspecified atom stereocenters. The molecular weight excluding hydrogens is 284 g/mol. The first kappa shape index (κ1) is 13.7. The highest BCUT2D eigenvalue weighted by molar-refractivity contribution is 7.08. The maximum atomic E-state index is 13.1. The van der Waals surface area contributed by atoms with Crippen LogP contribution in [0.2, 0.25) is 0 Å². The van der Waals surface area contributed by atoms with Crippen LogP contribution in [0.25, 0.3) is 0 Å². The molecule has 3 fully saturated rings. The van der Waals surface area contributed by atoms with E-state index in [1.54, 1.807) is 11.3 Å². The Balaban J connectivity index is 1.55. The van der Waals surface area contributed by atoms with Crippen molar-refractivity contribution in [2.45, 2.75) is 25.8 Å². The lowest BCUT2D eigenvalue weighted by atomic mass is 9.78. The standard InChI is InChI=1S/C16H22N2O2S/c1-12-8-17(13-2-6-20-9-13)11-16(12)4-5-18(15(16)19)14-3-7-21-10-14/h3,7,10,12-13H,2,4-6,8-9,11H2,1H3/t12-,13?,16-/m1/s1. The minimum absolute atomic E-state index is 0.162. The maximum Gasteiger partial charge on any atom is 0.234 e. The van der Waals surface area contributed by atoms with Crippen LogP contribution in [-0.4, -0.2) is 49.7 Å². The smallest absolute Gasteiger partial charge is 0.234 e. The topological polar surface area (TPSA) is 32.8 Å². The predicted molar refractivity (Wildman–Crippen MR) is 83.7 cm³/mol. The number of ether oxygens (including phenoxy) is 1. The van der Waals surface area contributed by atoms with Gasteiger partial charge in [0.05, 0.1) is 17.7 Å². The van der Waals surface area contributed by atoms with E-state index in [1.165, 1.54) is 0 Å². The second kappa shape index (κ2) is 5.07. The molecule has 1 amide bonds. The van der Waals surface area contributed by atoms with E-state index in [0.29, 0.717) is 17.9 Å². The van der Waals surface area contributed by atoms with Crippen LogP contribution in [-0.2, 0) is 9.53 Å². The Morgan fingerprint density at radius 1 is 1.48 bits per heavy atom. The van der Waals surface area contributed by atoms with E-state index >= 15 is 0 Å². The molecule has 3 aliphatic heterocycles. The Labute approximate surface area is 129 Å². The van der Waals surface area contributed by atoms with Crippen LogP contribution in [0.3, 0.4) is 0 Å². The highest BCUT2D eigenvalue weighted by Crippen LogP contribution is 2.47. The molecule has 5 heteroatoms. The summed E-state index contributed by atoms with van der Waals surface area (Å²) in [5.74, 6) is 0.782. The highest BCUT2D eigenvalue weighted by atomic mass is 32.1. The first-order valence-corrected chi connectivity index (χ1v) is 8.81. The van der Waals surface area contributed by atoms with Gasteiger partial charge in [-0.05, 0) is 30.2 Å². The largest absolute Gasteiger partial charge is 0.380 e. The van der Waals surface area contributed by atoms with Crippen LogP contribution in [0.4, 0.5) is 5.69 Å². The molecule has 1 aromatic rings. The zero-order chi connectivity index (χ0) is 14.4. The molecule has 3 aliphatic rings. The van der Waals surface area contributed by atoms with Gasteiger partial charge in [0, 0.05) is 37.7 Å². The number of hydrogen-bond donors (Lipinski definition) is 0. The summed E-state index contributed by atoms with van der Waals surface area (Å²) < 4.78 is 5.53. The van der Waals surface area contributed by atoms with Crippen LogP contribution in [0, 0.1) is 11.3 Å². The molecule has 114 valence electrons. The van der Waals surface area contributed by atoms with Crippen LogP contribution in [0.15, 0.2) is 16.8 Å². The Bertz CT molecular complexity index is 526. The fourth-order valence-electron chi connectivity index (χ4n) is 4.25. The van der Waals surface area contributed by atoms with E-state index in [9.17, 15) is 4.79 Å². The third-order valence-electron chi connectivity index (χ3n) is 5.63. The summed E-state index contributed by atoms with van der Waals surface area (Å²) in [4.78, 5) is 17.6. The van der Waals surface area contributed by atoms with Crippen molar-refractivity contribution in [3.05, 3.63) is 16.8 Å². The Kier molecular flexibility index (Phi) is 3.32. The van der Waals surface area contributed by atoms with Crippen molar-refractivity contribution >= 4 is 22.9 Å². The summed E-state index contributed by atoms with van der Waals surface area (Å²) in [5.41, 5.74) is 0.918. The number of likely N-dealkylation sites (tertiary alicyclic amines) is 1. The number of hydrogen-bond acceptors (Lipinski definition) is 4. The first-order valence-electron chi connectivity index (χ1n) is 7.87. The lowest BCUT2D eigenvalue weighted by Crippen LogP contribution is -2.41. The van der Waals surface area contributed by atoms with Gasteiger partial charge < -0.3 is 9.64 Å². The van der Waals surface area contributed by atoms with Gasteiger partial charge in [0.2, 0.25) is 5.91 Å². The summed E-state index contributed by atoms with van der Waals surface area (Å²) in [5, 5.41) is 4.13. The van der Waals surface area contributed by atoms with Crippen molar-refractivity contribution in [2.75, 3.05) is 37.7 Å². The SMILES string of the molecule is C[C@@H]1CN(C2CCOC2)C[C@]12CCN(c1ccsc1)C2=O. The van der Waals surface area contributed by atoms with E-state index < -0.39 is 0 Å². The Morgan fingerprint density at radius 2 is 2.38 bits per heavy atom. The monoisotopic (exact) mass is 306 g/mol. The van der Waals surface area contributed by atoms with E-state index in [-0.39, 0.29) is 5.41 Å². The summed E-state index contributed by atoms with van der Waals surface area (Å²) in [6.45, 7) is 6.79. The van der Waals surface area contributed by atoms with Crippen LogP contribution in [0.1, 0.15) is 19.8 Å². The van der Waals surface area contributed by atoms with Crippen molar-refractivity contribution in [3.8, 4) is 0 Å². The lowest BCUT2D eigenvalue weighted by molar-refractivity contribution is -0.126. The van der Waals surface area contributed by atoms with Gasteiger partial charge in [0.25, 0.3) is 0 Å². The van der Waals surface area contributed by atoms with Crippen LogP contribution in [0.5, 0.6) is 0 Å². The van der Waals surface area contributed by atoms with Gasteiger partial charge in [-0.2, -0.15) is 11.3 Å². The second-order valence-corrected chi connectivity index (χ2v) is 7.47. The summed E-state index contributed by atoms with van der Waals surface area (Å²) in [6, 6.07) is 2.58. The number of anilines is 1. The maximum absolute atomic E-state index is 13.1. The van der Waals surface area contributed by atoms with Gasteiger partial charge in [-0.3, -0.25) is 9.69 Å². The van der Waals surface area contributed by atoms with E-state index in [0.717, 1.165) is 51.4 Å². The number of thiophene rings is 1. The molecule has 4 heterocycles. The normalized spacial score (nSPS) is 37.2. The summed E-state index contributed by atoms with van der Waals surface area (Å²) >= 11 is 1.66. The molecule has 1 aromatic heterocycles. The average molecular weight is 306 g/mol. The molecule has 0 aliphatic carbocycles. The number of rotatable bonds is 2. The molecule has 4 nitrogen and oxygen atoms in total. The van der Waals surface area contributed by atoms with Crippen LogP contribution < -0.4 is 4.90 Å². The van der Waals surface area contributed by atoms with Gasteiger partial charge in [0.15, 0.2) is 0 Å². The summed E-state index contributed by atoms with van der Waals surface area (Å²) in [6.07, 6.45) is 2.11. The van der Waals surface area contributed by atoms with Gasteiger partial charge in [0.1, 0.15) is 0 Å². The number of carbonyl (C=O) groups is 1. The fraction of sp³-hybridized carbons (Fsp3) is 0.688. The third-order valence-corrected chi connectivity index (χ3v) is 6.30. The first-order chi connectivity index (χ1) is 10.2. The minimum Gasteiger partial charge on any atom is -0.380 e. The molecule has 4 rings (SSSR count). The quantitative estimate of drug-likeness (QED) is 0.840. The molecule has 3 saturated heterocycles. The van der Waals surface area contributed by atoms with E-state index in [4.69, 9.17) is 4.74 Å². The molecule has 0 bridgehead atoms. The zero-order valence-corrected chi connectivity index (χ0v) is 13.3. The van der Waals surface area contributed by atoms with Gasteiger partial charge in [-0.1, -0.05) is 6.92 Å². The molecule has 3 atom stereocenters. The molecule has 0 aromatic carbocycles. The van der Waals surface area contributed by atoms with Crippen molar-refractivity contribution in [1.29, 1.82) is 0 Å². The highest BCUT2D eigenvalue weighted by Gasteiger charge is 2.56. The minimum atomic E-state index is -0.162. The molecule has 0 radical (unpaired) electrons. The predicted octanol–water partition coefficient (Wildman–Crippen LogP) is 2.21. The van der Waals surface area contributed by atoms with Crippen molar-refractivity contribution < 1.29 is 9.53 Å². The molecule has 1 spiro atoms. The number of nitrogens with zero attached hydrogens (tertiary/aromatic N) is 2. The van der Waals surface area contributed by atoms with E-state index in [1.807, 2.05) is 10.3 Å². The number of carbonyl (C=O) groups excluding carboxylic acids is 1. The van der Waals surface area contributed by atoms with Gasteiger partial charge in [-0.25, -0.2) is 0 Å². The number of amides is 1. The molecule has 0 saturated carbocycles. The van der Waals surface area contributed by atoms with Crippen LogP contribution >= 0.6 is 11.3 Å². The molecule has 0 N–H and O–H groups in total.